The second-order valence-electron chi connectivity index (χ2n) is 12.8. The van der Waals surface area contributed by atoms with Gasteiger partial charge in [-0.2, -0.15) is 0 Å². The summed E-state index contributed by atoms with van der Waals surface area (Å²) < 4.78 is 1.20. The van der Waals surface area contributed by atoms with Crippen molar-refractivity contribution in [3.8, 4) is 22.3 Å². The average Bonchev–Trinajstić information content (AvgIpc) is 3.63. The van der Waals surface area contributed by atoms with E-state index >= 15 is 0 Å². The van der Waals surface area contributed by atoms with Crippen molar-refractivity contribution in [2.24, 2.45) is 0 Å². The van der Waals surface area contributed by atoms with E-state index in [1.807, 2.05) is 0 Å². The van der Waals surface area contributed by atoms with Crippen molar-refractivity contribution in [3.63, 3.8) is 0 Å². The first kappa shape index (κ1) is 28.7. The lowest BCUT2D eigenvalue weighted by atomic mass is 9.93. The second kappa shape index (κ2) is 11.7. The number of anilines is 3. The molecule has 0 radical (unpaired) electrons. The summed E-state index contributed by atoms with van der Waals surface area (Å²) in [4.78, 5) is 7.58. The Morgan fingerprint density at radius 1 is 0.380 bits per heavy atom. The highest BCUT2D eigenvalue weighted by atomic mass is 32.1. The predicted molar refractivity (Wildman–Crippen MR) is 215 cm³/mol. The Morgan fingerprint density at radius 2 is 0.920 bits per heavy atom. The van der Waals surface area contributed by atoms with Gasteiger partial charge in [-0.3, -0.25) is 4.90 Å². The molecule has 1 aromatic heterocycles. The zero-order valence-corrected chi connectivity index (χ0v) is 27.9. The van der Waals surface area contributed by atoms with Gasteiger partial charge in [0.2, 0.25) is 0 Å². The third kappa shape index (κ3) is 4.74. The molecule has 50 heavy (non-hydrogen) atoms. The molecular weight excluding hydrogens is 625 g/mol. The Balaban J connectivity index is 1.13. The standard InChI is InChI=1S/C47H30N2S/c1-2-10-31(11-3-1)32-18-23-36(24-19-32)49(47-48-45-29-28-42-38-14-6-4-12-33(38)22-27-43(42)46(45)50-47)37-25-20-34(21-26-37)44-30-35-13-5-7-15-39(35)40-16-8-9-17-41(40)44/h1-30H. The van der Waals surface area contributed by atoms with Crippen LogP contribution in [0.2, 0.25) is 0 Å². The lowest BCUT2D eigenvalue weighted by molar-refractivity contribution is 1.25. The first-order valence-electron chi connectivity index (χ1n) is 17.0. The van der Waals surface area contributed by atoms with E-state index in [2.05, 4.69) is 187 Å². The molecule has 0 fully saturated rings. The summed E-state index contributed by atoms with van der Waals surface area (Å²) >= 11 is 1.75. The molecule has 3 heteroatoms. The van der Waals surface area contributed by atoms with E-state index in [1.54, 1.807) is 11.3 Å². The second-order valence-corrected chi connectivity index (χ2v) is 13.8. The number of aromatic nitrogens is 1. The Hall–Kier alpha value is -6.29. The molecule has 0 saturated heterocycles. The van der Waals surface area contributed by atoms with E-state index in [-0.39, 0.29) is 0 Å². The van der Waals surface area contributed by atoms with Crippen molar-refractivity contribution in [1.82, 2.24) is 4.98 Å². The van der Waals surface area contributed by atoms with Crippen LogP contribution in [-0.4, -0.2) is 4.98 Å². The highest BCUT2D eigenvalue weighted by molar-refractivity contribution is 7.23. The van der Waals surface area contributed by atoms with E-state index in [1.165, 1.54) is 70.0 Å². The fraction of sp³-hybridized carbons (Fsp3) is 0. The molecule has 0 aliphatic carbocycles. The van der Waals surface area contributed by atoms with Crippen LogP contribution in [0.1, 0.15) is 0 Å². The largest absolute Gasteiger partial charge is 0.286 e. The summed E-state index contributed by atoms with van der Waals surface area (Å²) in [6.07, 6.45) is 0. The Kier molecular flexibility index (Phi) is 6.71. The van der Waals surface area contributed by atoms with Crippen LogP contribution in [0.25, 0.3) is 75.6 Å². The van der Waals surface area contributed by atoms with Crippen molar-refractivity contribution < 1.29 is 0 Å². The average molecular weight is 655 g/mol. The minimum atomic E-state index is 0.942. The molecule has 10 rings (SSSR count). The minimum Gasteiger partial charge on any atom is -0.286 e. The molecule has 0 spiro atoms. The van der Waals surface area contributed by atoms with Crippen molar-refractivity contribution >= 4 is 81.1 Å². The van der Waals surface area contributed by atoms with Crippen LogP contribution >= 0.6 is 11.3 Å². The molecule has 2 nitrogen and oxygen atoms in total. The lowest BCUT2D eigenvalue weighted by Gasteiger charge is -2.23. The normalized spacial score (nSPS) is 11.6. The van der Waals surface area contributed by atoms with Gasteiger partial charge in [0, 0.05) is 16.8 Å². The van der Waals surface area contributed by atoms with Crippen LogP contribution < -0.4 is 4.90 Å². The fourth-order valence-electron chi connectivity index (χ4n) is 7.44. The lowest BCUT2D eigenvalue weighted by Crippen LogP contribution is -2.09. The SMILES string of the molecule is c1ccc(-c2ccc(N(c3ccc(-c4cc5ccccc5c5ccccc45)cc3)c3nc4ccc5c6ccccc6ccc5c4s3)cc2)cc1. The molecule has 0 saturated carbocycles. The molecule has 0 aliphatic rings. The van der Waals surface area contributed by atoms with Crippen LogP contribution in [0.5, 0.6) is 0 Å². The highest BCUT2D eigenvalue weighted by Gasteiger charge is 2.19. The van der Waals surface area contributed by atoms with Gasteiger partial charge in [0.15, 0.2) is 5.13 Å². The van der Waals surface area contributed by atoms with Gasteiger partial charge in [0.25, 0.3) is 0 Å². The summed E-state index contributed by atoms with van der Waals surface area (Å²) in [6.45, 7) is 0. The minimum absolute atomic E-state index is 0.942. The summed E-state index contributed by atoms with van der Waals surface area (Å²) in [5.74, 6) is 0. The Labute approximate surface area is 294 Å². The Bertz CT molecular complexity index is 2850. The molecule has 0 bridgehead atoms. The third-order valence-electron chi connectivity index (χ3n) is 9.89. The topological polar surface area (TPSA) is 16.1 Å². The third-order valence-corrected chi connectivity index (χ3v) is 11.0. The fourth-order valence-corrected chi connectivity index (χ4v) is 8.58. The van der Waals surface area contributed by atoms with Gasteiger partial charge in [-0.25, -0.2) is 4.98 Å². The first-order valence-corrected chi connectivity index (χ1v) is 17.8. The van der Waals surface area contributed by atoms with Gasteiger partial charge in [-0.05, 0) is 96.4 Å². The van der Waals surface area contributed by atoms with E-state index in [9.17, 15) is 0 Å². The highest BCUT2D eigenvalue weighted by Crippen LogP contribution is 2.44. The van der Waals surface area contributed by atoms with Crippen molar-refractivity contribution in [1.29, 1.82) is 0 Å². The molecule has 0 N–H and O–H groups in total. The van der Waals surface area contributed by atoms with Gasteiger partial charge in [0.1, 0.15) is 0 Å². The maximum absolute atomic E-state index is 5.28. The maximum Gasteiger partial charge on any atom is 0.195 e. The number of rotatable bonds is 5. The number of nitrogens with zero attached hydrogens (tertiary/aromatic N) is 2. The summed E-state index contributed by atoms with van der Waals surface area (Å²) in [5, 5.41) is 11.0. The maximum atomic E-state index is 5.28. The number of benzene rings is 9. The van der Waals surface area contributed by atoms with Gasteiger partial charge in [0.05, 0.1) is 10.2 Å². The Morgan fingerprint density at radius 3 is 1.66 bits per heavy atom. The van der Waals surface area contributed by atoms with Gasteiger partial charge in [-0.1, -0.05) is 157 Å². The van der Waals surface area contributed by atoms with Crippen molar-refractivity contribution in [3.05, 3.63) is 182 Å². The number of hydrogen-bond donors (Lipinski definition) is 0. The molecule has 0 amide bonds. The monoisotopic (exact) mass is 654 g/mol. The number of fused-ring (bicyclic) bond motifs is 8. The predicted octanol–water partition coefficient (Wildman–Crippen LogP) is 13.7. The summed E-state index contributed by atoms with van der Waals surface area (Å²) in [7, 11) is 0. The van der Waals surface area contributed by atoms with Crippen LogP contribution in [0.15, 0.2) is 182 Å². The molecular formula is C47H30N2S. The van der Waals surface area contributed by atoms with Crippen molar-refractivity contribution in [2.45, 2.75) is 0 Å². The zero-order valence-electron chi connectivity index (χ0n) is 27.1. The molecule has 1 heterocycles. The number of thiazole rings is 1. The van der Waals surface area contributed by atoms with Gasteiger partial charge < -0.3 is 0 Å². The molecule has 10 aromatic rings. The van der Waals surface area contributed by atoms with Crippen LogP contribution in [-0.2, 0) is 0 Å². The van der Waals surface area contributed by atoms with Gasteiger partial charge >= 0.3 is 0 Å². The summed E-state index contributed by atoms with van der Waals surface area (Å²) in [5.41, 5.74) is 7.98. The van der Waals surface area contributed by atoms with Crippen LogP contribution in [0.4, 0.5) is 16.5 Å². The molecule has 234 valence electrons. The zero-order chi connectivity index (χ0) is 33.0. The van der Waals surface area contributed by atoms with E-state index in [4.69, 9.17) is 4.98 Å². The number of hydrogen-bond acceptors (Lipinski definition) is 3. The van der Waals surface area contributed by atoms with E-state index < -0.39 is 0 Å². The van der Waals surface area contributed by atoms with Crippen molar-refractivity contribution in [2.75, 3.05) is 4.90 Å². The van der Waals surface area contributed by atoms with E-state index in [0.717, 1.165) is 22.0 Å². The molecule has 0 aliphatic heterocycles. The first-order chi connectivity index (χ1) is 24.8. The molecule has 9 aromatic carbocycles. The van der Waals surface area contributed by atoms with Crippen LogP contribution in [0.3, 0.4) is 0 Å². The van der Waals surface area contributed by atoms with Crippen LogP contribution in [0, 0.1) is 0 Å². The van der Waals surface area contributed by atoms with E-state index in [0.29, 0.717) is 0 Å². The van der Waals surface area contributed by atoms with Gasteiger partial charge in [-0.15, -0.1) is 0 Å². The summed E-state index contributed by atoms with van der Waals surface area (Å²) in [6, 6.07) is 65.6. The quantitative estimate of drug-likeness (QED) is 0.172. The molecule has 0 atom stereocenters. The smallest absolute Gasteiger partial charge is 0.195 e. The molecule has 0 unspecified atom stereocenters.